The Labute approximate surface area is 72.0 Å². The van der Waals surface area contributed by atoms with Crippen molar-refractivity contribution < 1.29 is 4.79 Å². The first-order valence-corrected chi connectivity index (χ1v) is 4.83. The van der Waals surface area contributed by atoms with Crippen LogP contribution in [0.15, 0.2) is 12.2 Å². The van der Waals surface area contributed by atoms with E-state index in [4.69, 9.17) is 0 Å². The second-order valence-electron chi connectivity index (χ2n) is 4.26. The van der Waals surface area contributed by atoms with E-state index in [-0.39, 0.29) is 11.8 Å². The van der Waals surface area contributed by atoms with Gasteiger partial charge in [0, 0.05) is 0 Å². The zero-order chi connectivity index (χ0) is 8.13. The predicted molar refractivity (Wildman–Crippen MR) is 45.4 cm³/mol. The molecular formula is C10H13NO. The van der Waals surface area contributed by atoms with Crippen molar-refractivity contribution in [3.8, 4) is 0 Å². The number of hydrogen-bond acceptors (Lipinski definition) is 1. The van der Waals surface area contributed by atoms with E-state index in [1.54, 1.807) is 0 Å². The number of carbonyl (C=O) groups excluding carboxylic acids is 1. The molecule has 1 saturated heterocycles. The van der Waals surface area contributed by atoms with Crippen LogP contribution in [0.25, 0.3) is 0 Å². The van der Waals surface area contributed by atoms with Crippen LogP contribution >= 0.6 is 0 Å². The van der Waals surface area contributed by atoms with Gasteiger partial charge in [-0.25, -0.2) is 0 Å². The van der Waals surface area contributed by atoms with Crippen molar-refractivity contribution >= 4 is 5.91 Å². The summed E-state index contributed by atoms with van der Waals surface area (Å²) in [6.45, 7) is 0. The second-order valence-corrected chi connectivity index (χ2v) is 4.26. The number of rotatable bonds is 0. The van der Waals surface area contributed by atoms with Crippen LogP contribution in [0.1, 0.15) is 19.3 Å². The molecule has 0 aromatic heterocycles. The fraction of sp³-hybridized carbons (Fsp3) is 0.700. The molecule has 2 heterocycles. The quantitative estimate of drug-likeness (QED) is 0.532. The largest absolute Gasteiger partial charge is 0.349 e. The first-order valence-electron chi connectivity index (χ1n) is 4.83. The van der Waals surface area contributed by atoms with Crippen molar-refractivity contribution in [1.29, 1.82) is 0 Å². The summed E-state index contributed by atoms with van der Waals surface area (Å²) >= 11 is 0. The molecule has 1 saturated carbocycles. The molecule has 0 aromatic carbocycles. The van der Waals surface area contributed by atoms with Crippen LogP contribution in [0, 0.1) is 17.8 Å². The zero-order valence-corrected chi connectivity index (χ0v) is 6.99. The molecule has 2 unspecified atom stereocenters. The highest BCUT2D eigenvalue weighted by Crippen LogP contribution is 2.48. The summed E-state index contributed by atoms with van der Waals surface area (Å²) in [7, 11) is 0. The zero-order valence-electron chi connectivity index (χ0n) is 6.99. The molecule has 0 aromatic rings. The minimum Gasteiger partial charge on any atom is -0.349 e. The molecule has 4 atom stereocenters. The van der Waals surface area contributed by atoms with Gasteiger partial charge in [0.1, 0.15) is 0 Å². The average Bonchev–Trinajstić information content (AvgIpc) is 2.76. The fourth-order valence-electron chi connectivity index (χ4n) is 2.57. The monoisotopic (exact) mass is 163 g/mol. The number of fused-ring (bicyclic) bond motifs is 2. The van der Waals surface area contributed by atoms with Crippen molar-refractivity contribution in [2.24, 2.45) is 17.8 Å². The van der Waals surface area contributed by atoms with E-state index in [2.05, 4.69) is 17.5 Å². The molecule has 2 heteroatoms. The summed E-state index contributed by atoms with van der Waals surface area (Å²) in [6.07, 6.45) is 7.98. The molecular weight excluding hydrogens is 150 g/mol. The maximum atomic E-state index is 11.4. The van der Waals surface area contributed by atoms with Gasteiger partial charge in [0.25, 0.3) is 0 Å². The third kappa shape index (κ3) is 0.838. The number of hydrogen-bond donors (Lipinski definition) is 1. The Kier molecular flexibility index (Phi) is 1.18. The standard InChI is InChI=1S/C10H13NO/c12-10-6-1-2-7-5-8(7)9(11-10)4-3-6/h3-4,6-9H,1-2,5H2,(H,11,12)/t6?,7-,8+,9?/m1/s1. The van der Waals surface area contributed by atoms with Crippen molar-refractivity contribution in [3.05, 3.63) is 12.2 Å². The maximum Gasteiger partial charge on any atom is 0.227 e. The van der Waals surface area contributed by atoms with E-state index in [0.29, 0.717) is 6.04 Å². The van der Waals surface area contributed by atoms with E-state index >= 15 is 0 Å². The van der Waals surface area contributed by atoms with Gasteiger partial charge in [-0.15, -0.1) is 0 Å². The highest BCUT2D eigenvalue weighted by molar-refractivity contribution is 5.82. The average molecular weight is 163 g/mol. The summed E-state index contributed by atoms with van der Waals surface area (Å²) in [4.78, 5) is 11.4. The van der Waals surface area contributed by atoms with Crippen LogP contribution in [-0.4, -0.2) is 11.9 Å². The third-order valence-corrected chi connectivity index (χ3v) is 3.48. The van der Waals surface area contributed by atoms with E-state index in [1.165, 1.54) is 12.8 Å². The summed E-state index contributed by atoms with van der Waals surface area (Å²) in [5.41, 5.74) is 0. The van der Waals surface area contributed by atoms with Gasteiger partial charge in [-0.3, -0.25) is 4.79 Å². The van der Waals surface area contributed by atoms with Crippen molar-refractivity contribution in [3.63, 3.8) is 0 Å². The van der Waals surface area contributed by atoms with Gasteiger partial charge in [-0.1, -0.05) is 12.2 Å². The first kappa shape index (κ1) is 6.70. The van der Waals surface area contributed by atoms with Crippen molar-refractivity contribution in [1.82, 2.24) is 5.32 Å². The van der Waals surface area contributed by atoms with Gasteiger partial charge in [0.2, 0.25) is 5.91 Å². The molecule has 2 fully saturated rings. The molecule has 1 N–H and O–H groups in total. The van der Waals surface area contributed by atoms with Gasteiger partial charge in [-0.05, 0) is 31.1 Å². The van der Waals surface area contributed by atoms with Crippen molar-refractivity contribution in [2.45, 2.75) is 25.3 Å². The van der Waals surface area contributed by atoms with Gasteiger partial charge in [-0.2, -0.15) is 0 Å². The topological polar surface area (TPSA) is 29.1 Å². The van der Waals surface area contributed by atoms with Crippen LogP contribution in [0.3, 0.4) is 0 Å². The van der Waals surface area contributed by atoms with Gasteiger partial charge >= 0.3 is 0 Å². The maximum absolute atomic E-state index is 11.4. The predicted octanol–water partition coefficient (Wildman–Crippen LogP) is 1.09. The normalized spacial score (nSPS) is 49.2. The lowest BCUT2D eigenvalue weighted by Gasteiger charge is -2.26. The van der Waals surface area contributed by atoms with Crippen LogP contribution in [0.2, 0.25) is 0 Å². The fourth-order valence-corrected chi connectivity index (χ4v) is 2.57. The minimum absolute atomic E-state index is 0.183. The third-order valence-electron chi connectivity index (χ3n) is 3.48. The Balaban J connectivity index is 1.93. The molecule has 2 nitrogen and oxygen atoms in total. The SMILES string of the molecule is O=C1NC2C=CC1CC[C@@H]1C[C@H]21. The molecule has 4 aliphatic rings. The highest BCUT2D eigenvalue weighted by Gasteiger charge is 2.46. The molecule has 0 spiro atoms. The van der Waals surface area contributed by atoms with Crippen molar-refractivity contribution in [2.75, 3.05) is 0 Å². The van der Waals surface area contributed by atoms with Crippen LogP contribution in [0.4, 0.5) is 0 Å². The first-order chi connectivity index (χ1) is 5.84. The Morgan fingerprint density at radius 1 is 1.33 bits per heavy atom. The summed E-state index contributed by atoms with van der Waals surface area (Å²) < 4.78 is 0. The molecule has 12 heavy (non-hydrogen) atoms. The van der Waals surface area contributed by atoms with E-state index in [1.807, 2.05) is 0 Å². The summed E-state index contributed by atoms with van der Waals surface area (Å²) in [6, 6.07) is 0.374. The smallest absolute Gasteiger partial charge is 0.227 e. The second kappa shape index (κ2) is 2.12. The molecule has 64 valence electrons. The lowest BCUT2D eigenvalue weighted by Crippen LogP contribution is -2.43. The lowest BCUT2D eigenvalue weighted by molar-refractivity contribution is -0.125. The van der Waals surface area contributed by atoms with E-state index < -0.39 is 0 Å². The molecule has 1 amide bonds. The Hall–Kier alpha value is -0.790. The Morgan fingerprint density at radius 3 is 3.08 bits per heavy atom. The Bertz CT molecular complexity index is 259. The van der Waals surface area contributed by atoms with E-state index in [0.717, 1.165) is 18.3 Å². The molecule has 2 bridgehead atoms. The molecule has 2 aliphatic carbocycles. The van der Waals surface area contributed by atoms with Gasteiger partial charge < -0.3 is 5.32 Å². The highest BCUT2D eigenvalue weighted by atomic mass is 16.2. The summed E-state index contributed by atoms with van der Waals surface area (Å²) in [5, 5.41) is 3.08. The van der Waals surface area contributed by atoms with Crippen LogP contribution in [-0.2, 0) is 4.79 Å². The van der Waals surface area contributed by atoms with Gasteiger partial charge in [0.05, 0.1) is 12.0 Å². The molecule has 4 rings (SSSR count). The van der Waals surface area contributed by atoms with E-state index in [9.17, 15) is 4.79 Å². The minimum atomic E-state index is 0.183. The number of amides is 1. The number of nitrogens with one attached hydrogen (secondary N) is 1. The Morgan fingerprint density at radius 2 is 2.25 bits per heavy atom. The number of carbonyl (C=O) groups is 1. The molecule has 2 aliphatic heterocycles. The lowest BCUT2D eigenvalue weighted by atomic mass is 9.90. The van der Waals surface area contributed by atoms with Crippen LogP contribution in [0.5, 0.6) is 0 Å². The van der Waals surface area contributed by atoms with Crippen LogP contribution < -0.4 is 5.32 Å². The summed E-state index contributed by atoms with van der Waals surface area (Å²) in [5.74, 6) is 2.13. The van der Waals surface area contributed by atoms with Gasteiger partial charge in [0.15, 0.2) is 0 Å². The molecule has 0 radical (unpaired) electrons.